The molecule has 1 N–H and O–H groups in total. The van der Waals surface area contributed by atoms with Gasteiger partial charge in [-0.3, -0.25) is 0 Å². The Bertz CT molecular complexity index is 452. The number of methoxy groups -OCH3 is 1. The Morgan fingerprint density at radius 1 is 1.33 bits per heavy atom. The van der Waals surface area contributed by atoms with E-state index in [-0.39, 0.29) is 0 Å². The van der Waals surface area contributed by atoms with Crippen LogP contribution in [0.3, 0.4) is 0 Å². The van der Waals surface area contributed by atoms with Gasteiger partial charge in [0, 0.05) is 18.8 Å². The number of nitrogens with one attached hydrogen (secondary N) is 1. The standard InChI is InChI=1S/C13H18N4O/c1-3-11(10-18-2)15-12-4-6-13(7-5-12)17-9-8-14-16-17/h4-9,11,15H,3,10H2,1-2H3/t11-/m0/s1. The first-order valence-corrected chi connectivity index (χ1v) is 6.05. The predicted molar refractivity (Wildman–Crippen MR) is 70.9 cm³/mol. The number of aromatic nitrogens is 3. The van der Waals surface area contributed by atoms with Crippen LogP contribution in [-0.2, 0) is 4.74 Å². The van der Waals surface area contributed by atoms with E-state index in [2.05, 4.69) is 22.6 Å². The first kappa shape index (κ1) is 12.6. The molecule has 96 valence electrons. The van der Waals surface area contributed by atoms with Gasteiger partial charge >= 0.3 is 0 Å². The van der Waals surface area contributed by atoms with Crippen molar-refractivity contribution in [1.29, 1.82) is 0 Å². The summed E-state index contributed by atoms with van der Waals surface area (Å²) in [4.78, 5) is 0. The van der Waals surface area contributed by atoms with Crippen LogP contribution in [0.15, 0.2) is 36.7 Å². The number of benzene rings is 1. The van der Waals surface area contributed by atoms with Gasteiger partial charge in [-0.15, -0.1) is 5.10 Å². The molecule has 1 atom stereocenters. The van der Waals surface area contributed by atoms with Gasteiger partial charge in [0.1, 0.15) is 0 Å². The minimum Gasteiger partial charge on any atom is -0.383 e. The number of hydrogen-bond donors (Lipinski definition) is 1. The molecule has 2 aromatic rings. The Kier molecular flexibility index (Phi) is 4.30. The van der Waals surface area contributed by atoms with Gasteiger partial charge in [0.05, 0.1) is 24.7 Å². The molecule has 0 fully saturated rings. The van der Waals surface area contributed by atoms with Crippen molar-refractivity contribution < 1.29 is 4.74 Å². The summed E-state index contributed by atoms with van der Waals surface area (Å²) < 4.78 is 6.90. The monoisotopic (exact) mass is 246 g/mol. The highest BCUT2D eigenvalue weighted by molar-refractivity contribution is 5.49. The zero-order chi connectivity index (χ0) is 12.8. The third-order valence-corrected chi connectivity index (χ3v) is 2.79. The van der Waals surface area contributed by atoms with Crippen LogP contribution in [0.25, 0.3) is 5.69 Å². The second-order valence-corrected chi connectivity index (χ2v) is 4.10. The average molecular weight is 246 g/mol. The molecule has 0 spiro atoms. The number of rotatable bonds is 6. The van der Waals surface area contributed by atoms with Crippen LogP contribution in [0.5, 0.6) is 0 Å². The molecule has 0 amide bonds. The molecule has 0 bridgehead atoms. The maximum atomic E-state index is 5.16. The van der Waals surface area contributed by atoms with Crippen molar-refractivity contribution in [2.24, 2.45) is 0 Å². The quantitative estimate of drug-likeness (QED) is 0.848. The summed E-state index contributed by atoms with van der Waals surface area (Å²) >= 11 is 0. The van der Waals surface area contributed by atoms with E-state index in [1.165, 1.54) is 0 Å². The van der Waals surface area contributed by atoms with E-state index in [1.807, 2.05) is 30.5 Å². The van der Waals surface area contributed by atoms with Crippen LogP contribution in [0.2, 0.25) is 0 Å². The van der Waals surface area contributed by atoms with Crippen LogP contribution in [0.4, 0.5) is 5.69 Å². The molecule has 0 radical (unpaired) electrons. The van der Waals surface area contributed by atoms with Crippen molar-refractivity contribution in [2.75, 3.05) is 19.0 Å². The molecule has 18 heavy (non-hydrogen) atoms. The molecule has 2 rings (SSSR count). The first-order valence-electron chi connectivity index (χ1n) is 6.05. The van der Waals surface area contributed by atoms with Crippen LogP contribution < -0.4 is 5.32 Å². The van der Waals surface area contributed by atoms with Crippen molar-refractivity contribution in [3.8, 4) is 5.69 Å². The molecule has 0 unspecified atom stereocenters. The second kappa shape index (κ2) is 6.16. The zero-order valence-corrected chi connectivity index (χ0v) is 10.7. The SMILES string of the molecule is CC[C@@H](COC)Nc1ccc(-n2ccnn2)cc1. The third-order valence-electron chi connectivity index (χ3n) is 2.79. The highest BCUT2D eigenvalue weighted by Gasteiger charge is 2.05. The molecule has 0 saturated carbocycles. The fraction of sp³-hybridized carbons (Fsp3) is 0.385. The molecule has 0 saturated heterocycles. The zero-order valence-electron chi connectivity index (χ0n) is 10.7. The van der Waals surface area contributed by atoms with E-state index in [4.69, 9.17) is 4.74 Å². The summed E-state index contributed by atoms with van der Waals surface area (Å²) in [6.45, 7) is 2.85. The van der Waals surface area contributed by atoms with Gasteiger partial charge in [0.2, 0.25) is 0 Å². The molecular weight excluding hydrogens is 228 g/mol. The van der Waals surface area contributed by atoms with E-state index in [0.29, 0.717) is 12.6 Å². The lowest BCUT2D eigenvalue weighted by Crippen LogP contribution is -2.23. The van der Waals surface area contributed by atoms with E-state index in [0.717, 1.165) is 17.8 Å². The van der Waals surface area contributed by atoms with Crippen LogP contribution in [0, 0.1) is 0 Å². The van der Waals surface area contributed by atoms with Crippen LogP contribution in [0.1, 0.15) is 13.3 Å². The Morgan fingerprint density at radius 3 is 2.67 bits per heavy atom. The summed E-state index contributed by atoms with van der Waals surface area (Å²) in [6, 6.07) is 8.43. The van der Waals surface area contributed by atoms with E-state index in [1.54, 1.807) is 18.0 Å². The second-order valence-electron chi connectivity index (χ2n) is 4.10. The lowest BCUT2D eigenvalue weighted by atomic mass is 10.2. The normalized spacial score (nSPS) is 12.3. The predicted octanol–water partition coefficient (Wildman–Crippen LogP) is 2.10. The Hall–Kier alpha value is -1.88. The van der Waals surface area contributed by atoms with Gasteiger partial charge in [0.15, 0.2) is 0 Å². The molecule has 5 nitrogen and oxygen atoms in total. The van der Waals surface area contributed by atoms with Crippen molar-refractivity contribution >= 4 is 5.69 Å². The number of hydrogen-bond acceptors (Lipinski definition) is 4. The Balaban J connectivity index is 2.03. The third kappa shape index (κ3) is 3.07. The van der Waals surface area contributed by atoms with Gasteiger partial charge in [-0.25, -0.2) is 4.68 Å². The van der Waals surface area contributed by atoms with E-state index >= 15 is 0 Å². The highest BCUT2D eigenvalue weighted by atomic mass is 16.5. The Morgan fingerprint density at radius 2 is 2.11 bits per heavy atom. The number of anilines is 1. The van der Waals surface area contributed by atoms with Crippen molar-refractivity contribution in [1.82, 2.24) is 15.0 Å². The molecule has 1 aromatic carbocycles. The molecule has 1 aromatic heterocycles. The Labute approximate surface area is 107 Å². The summed E-state index contributed by atoms with van der Waals surface area (Å²) in [5.74, 6) is 0. The number of ether oxygens (including phenoxy) is 1. The lowest BCUT2D eigenvalue weighted by molar-refractivity contribution is 0.184. The maximum absolute atomic E-state index is 5.16. The van der Waals surface area contributed by atoms with Crippen molar-refractivity contribution in [2.45, 2.75) is 19.4 Å². The fourth-order valence-electron chi connectivity index (χ4n) is 1.75. The molecule has 0 aliphatic carbocycles. The summed E-state index contributed by atoms with van der Waals surface area (Å²) in [7, 11) is 1.72. The molecule has 1 heterocycles. The van der Waals surface area contributed by atoms with Crippen molar-refractivity contribution in [3.63, 3.8) is 0 Å². The van der Waals surface area contributed by atoms with Crippen LogP contribution >= 0.6 is 0 Å². The highest BCUT2D eigenvalue weighted by Crippen LogP contribution is 2.14. The van der Waals surface area contributed by atoms with Gasteiger partial charge < -0.3 is 10.1 Å². The van der Waals surface area contributed by atoms with Gasteiger partial charge in [-0.2, -0.15) is 0 Å². The minimum absolute atomic E-state index is 0.340. The van der Waals surface area contributed by atoms with E-state index in [9.17, 15) is 0 Å². The van der Waals surface area contributed by atoms with Crippen molar-refractivity contribution in [3.05, 3.63) is 36.7 Å². The molecule has 0 aliphatic rings. The smallest absolute Gasteiger partial charge is 0.0697 e. The topological polar surface area (TPSA) is 52.0 Å². The van der Waals surface area contributed by atoms with Crippen LogP contribution in [-0.4, -0.2) is 34.8 Å². The average Bonchev–Trinajstić information content (AvgIpc) is 2.93. The summed E-state index contributed by atoms with van der Waals surface area (Å²) in [5, 5.41) is 11.2. The fourth-order valence-corrected chi connectivity index (χ4v) is 1.75. The largest absolute Gasteiger partial charge is 0.383 e. The lowest BCUT2D eigenvalue weighted by Gasteiger charge is -2.17. The summed E-state index contributed by atoms with van der Waals surface area (Å²) in [5.41, 5.74) is 2.08. The molecule has 0 aliphatic heterocycles. The van der Waals surface area contributed by atoms with Gasteiger partial charge in [0.25, 0.3) is 0 Å². The number of nitrogens with zero attached hydrogens (tertiary/aromatic N) is 3. The summed E-state index contributed by atoms with van der Waals surface area (Å²) in [6.07, 6.45) is 4.51. The maximum Gasteiger partial charge on any atom is 0.0697 e. The van der Waals surface area contributed by atoms with E-state index < -0.39 is 0 Å². The van der Waals surface area contributed by atoms with Gasteiger partial charge in [-0.05, 0) is 30.7 Å². The minimum atomic E-state index is 0.340. The molecular formula is C13H18N4O. The first-order chi connectivity index (χ1) is 8.83. The van der Waals surface area contributed by atoms with Gasteiger partial charge in [-0.1, -0.05) is 12.1 Å². The molecule has 5 heteroatoms.